The molecule has 1 heterocycles. The number of benzene rings is 1. The number of halogens is 1. The van der Waals surface area contributed by atoms with Gasteiger partial charge in [-0.15, -0.1) is 11.3 Å². The first-order valence-electron chi connectivity index (χ1n) is 9.13. The topological polar surface area (TPSA) is 67.4 Å². The largest absolute Gasteiger partial charge is 0.459 e. The number of hydrogen-bond acceptors (Lipinski definition) is 4. The van der Waals surface area contributed by atoms with Gasteiger partial charge >= 0.3 is 12.0 Å². The molecule has 1 aliphatic carbocycles. The summed E-state index contributed by atoms with van der Waals surface area (Å²) in [6.45, 7) is 3.64. The molecule has 0 aliphatic heterocycles. The second-order valence-electron chi connectivity index (χ2n) is 6.81. The van der Waals surface area contributed by atoms with Gasteiger partial charge in [-0.2, -0.15) is 0 Å². The molecule has 0 saturated carbocycles. The standard InChI is InChI=1S/C20H23ClN2O3S/c1-12(2)26-19(24)17-15-9-4-3-5-10-16(15)27-18(17)23-20(25)22-14-8-6-7-13(21)11-14/h6-8,11-12H,3-5,9-10H2,1-2H3,(H2,22,23,25). The summed E-state index contributed by atoms with van der Waals surface area (Å²) in [7, 11) is 0. The number of carbonyl (C=O) groups excluding carboxylic acids is 2. The second-order valence-corrected chi connectivity index (χ2v) is 8.35. The first kappa shape index (κ1) is 19.7. The molecule has 1 aromatic carbocycles. The van der Waals surface area contributed by atoms with Crippen LogP contribution < -0.4 is 10.6 Å². The lowest BCUT2D eigenvalue weighted by atomic mass is 10.1. The third-order valence-corrected chi connectivity index (χ3v) is 5.72. The third-order valence-electron chi connectivity index (χ3n) is 4.28. The van der Waals surface area contributed by atoms with Gasteiger partial charge in [-0.05, 0) is 63.3 Å². The summed E-state index contributed by atoms with van der Waals surface area (Å²) in [5.74, 6) is -0.373. The van der Waals surface area contributed by atoms with Crippen LogP contribution in [0, 0.1) is 0 Å². The molecule has 1 aliphatic rings. The van der Waals surface area contributed by atoms with Crippen LogP contribution in [0.15, 0.2) is 24.3 Å². The van der Waals surface area contributed by atoms with Gasteiger partial charge < -0.3 is 10.1 Å². The first-order valence-corrected chi connectivity index (χ1v) is 10.3. The lowest BCUT2D eigenvalue weighted by molar-refractivity contribution is 0.0378. The molecule has 2 N–H and O–H groups in total. The fourth-order valence-electron chi connectivity index (χ4n) is 3.15. The Kier molecular flexibility index (Phi) is 6.39. The van der Waals surface area contributed by atoms with Crippen molar-refractivity contribution in [3.8, 4) is 0 Å². The van der Waals surface area contributed by atoms with Gasteiger partial charge in [0.1, 0.15) is 5.00 Å². The van der Waals surface area contributed by atoms with Gasteiger partial charge in [0.2, 0.25) is 0 Å². The minimum atomic E-state index is -0.410. The van der Waals surface area contributed by atoms with E-state index in [0.29, 0.717) is 21.3 Å². The number of carbonyl (C=O) groups is 2. The Morgan fingerprint density at radius 3 is 2.67 bits per heavy atom. The zero-order valence-corrected chi connectivity index (χ0v) is 17.0. The minimum Gasteiger partial charge on any atom is -0.459 e. The highest BCUT2D eigenvalue weighted by atomic mass is 35.5. The van der Waals surface area contributed by atoms with E-state index in [-0.39, 0.29) is 12.1 Å². The summed E-state index contributed by atoms with van der Waals surface area (Å²) in [4.78, 5) is 26.3. The van der Waals surface area contributed by atoms with Crippen molar-refractivity contribution < 1.29 is 14.3 Å². The SMILES string of the molecule is CC(C)OC(=O)c1c(NC(=O)Nc2cccc(Cl)c2)sc2c1CCCCC2. The maximum Gasteiger partial charge on any atom is 0.341 e. The second kappa shape index (κ2) is 8.76. The van der Waals surface area contributed by atoms with Crippen molar-refractivity contribution in [1.29, 1.82) is 0 Å². The quantitative estimate of drug-likeness (QED) is 0.492. The molecule has 0 radical (unpaired) electrons. The van der Waals surface area contributed by atoms with E-state index in [2.05, 4.69) is 10.6 Å². The number of fused-ring (bicyclic) bond motifs is 1. The zero-order valence-electron chi connectivity index (χ0n) is 15.4. The number of thiophene rings is 1. The highest BCUT2D eigenvalue weighted by Crippen LogP contribution is 2.38. The number of amides is 2. The lowest BCUT2D eigenvalue weighted by Gasteiger charge is -2.12. The maximum absolute atomic E-state index is 12.7. The Morgan fingerprint density at radius 2 is 1.93 bits per heavy atom. The fourth-order valence-corrected chi connectivity index (χ4v) is 4.61. The van der Waals surface area contributed by atoms with Crippen LogP contribution in [0.5, 0.6) is 0 Å². The van der Waals surface area contributed by atoms with E-state index in [1.54, 1.807) is 24.3 Å². The number of ether oxygens (including phenoxy) is 1. The number of anilines is 2. The van der Waals surface area contributed by atoms with Crippen molar-refractivity contribution in [2.45, 2.75) is 52.1 Å². The number of hydrogen-bond donors (Lipinski definition) is 2. The molecule has 0 saturated heterocycles. The summed E-state index contributed by atoms with van der Waals surface area (Å²) in [6, 6.07) is 6.51. The molecule has 2 aromatic rings. The summed E-state index contributed by atoms with van der Waals surface area (Å²) < 4.78 is 5.44. The number of aryl methyl sites for hydroxylation is 1. The molecule has 5 nitrogen and oxygen atoms in total. The third kappa shape index (κ3) is 5.02. The molecule has 0 fully saturated rings. The monoisotopic (exact) mass is 406 g/mol. The number of urea groups is 1. The van der Waals surface area contributed by atoms with Crippen LogP contribution in [0.3, 0.4) is 0 Å². The van der Waals surface area contributed by atoms with Gasteiger partial charge in [-0.25, -0.2) is 9.59 Å². The molecule has 0 spiro atoms. The molecule has 2 amide bonds. The Bertz CT molecular complexity index is 848. The van der Waals surface area contributed by atoms with Gasteiger partial charge in [0.25, 0.3) is 0 Å². The van der Waals surface area contributed by atoms with Crippen molar-refractivity contribution in [3.05, 3.63) is 45.3 Å². The van der Waals surface area contributed by atoms with Crippen LogP contribution in [0.25, 0.3) is 0 Å². The first-order chi connectivity index (χ1) is 12.9. The fraction of sp³-hybridized carbons (Fsp3) is 0.400. The summed E-state index contributed by atoms with van der Waals surface area (Å²) in [5, 5.41) is 6.67. The molecular formula is C20H23ClN2O3S. The molecule has 7 heteroatoms. The van der Waals surface area contributed by atoms with Crippen LogP contribution in [0.4, 0.5) is 15.5 Å². The van der Waals surface area contributed by atoms with E-state index < -0.39 is 6.03 Å². The normalized spacial score (nSPS) is 13.6. The van der Waals surface area contributed by atoms with E-state index >= 15 is 0 Å². The summed E-state index contributed by atoms with van der Waals surface area (Å²) in [6.07, 6.45) is 4.84. The summed E-state index contributed by atoms with van der Waals surface area (Å²) >= 11 is 7.43. The molecule has 27 heavy (non-hydrogen) atoms. The van der Waals surface area contributed by atoms with E-state index in [1.165, 1.54) is 16.2 Å². The Hall–Kier alpha value is -2.05. The molecular weight excluding hydrogens is 384 g/mol. The van der Waals surface area contributed by atoms with Crippen LogP contribution >= 0.6 is 22.9 Å². The van der Waals surface area contributed by atoms with Gasteiger partial charge in [0.15, 0.2) is 0 Å². The smallest absolute Gasteiger partial charge is 0.341 e. The maximum atomic E-state index is 12.7. The van der Waals surface area contributed by atoms with Crippen LogP contribution in [0.2, 0.25) is 5.02 Å². The van der Waals surface area contributed by atoms with Crippen LogP contribution in [0.1, 0.15) is 53.9 Å². The molecule has 3 rings (SSSR count). The minimum absolute atomic E-state index is 0.216. The van der Waals surface area contributed by atoms with Gasteiger partial charge in [-0.3, -0.25) is 5.32 Å². The van der Waals surface area contributed by atoms with Crippen LogP contribution in [-0.4, -0.2) is 18.1 Å². The molecule has 0 bridgehead atoms. The van der Waals surface area contributed by atoms with E-state index in [0.717, 1.165) is 37.7 Å². The van der Waals surface area contributed by atoms with E-state index in [4.69, 9.17) is 16.3 Å². The molecule has 144 valence electrons. The molecule has 0 unspecified atom stereocenters. The van der Waals surface area contributed by atoms with E-state index in [1.807, 2.05) is 13.8 Å². The van der Waals surface area contributed by atoms with Crippen LogP contribution in [-0.2, 0) is 17.6 Å². The van der Waals surface area contributed by atoms with Crippen molar-refractivity contribution in [3.63, 3.8) is 0 Å². The van der Waals surface area contributed by atoms with Gasteiger partial charge in [0, 0.05) is 15.6 Å². The number of rotatable bonds is 4. The Morgan fingerprint density at radius 1 is 1.15 bits per heavy atom. The average Bonchev–Trinajstić information content (AvgIpc) is 2.75. The average molecular weight is 407 g/mol. The van der Waals surface area contributed by atoms with Gasteiger partial charge in [-0.1, -0.05) is 24.1 Å². The highest BCUT2D eigenvalue weighted by molar-refractivity contribution is 7.17. The van der Waals surface area contributed by atoms with Crippen molar-refractivity contribution in [2.75, 3.05) is 10.6 Å². The molecule has 1 aromatic heterocycles. The molecule has 0 atom stereocenters. The van der Waals surface area contributed by atoms with Crippen molar-refractivity contribution in [1.82, 2.24) is 0 Å². The predicted molar refractivity (Wildman–Crippen MR) is 110 cm³/mol. The van der Waals surface area contributed by atoms with Gasteiger partial charge in [0.05, 0.1) is 11.7 Å². The Balaban J connectivity index is 1.85. The summed E-state index contributed by atoms with van der Waals surface area (Å²) in [5.41, 5.74) is 2.12. The Labute approximate surface area is 168 Å². The predicted octanol–water partition coefficient (Wildman–Crippen LogP) is 5.88. The number of esters is 1. The lowest BCUT2D eigenvalue weighted by Crippen LogP contribution is -2.21. The van der Waals surface area contributed by atoms with Crippen molar-refractivity contribution in [2.24, 2.45) is 0 Å². The van der Waals surface area contributed by atoms with Crippen molar-refractivity contribution >= 4 is 45.6 Å². The zero-order chi connectivity index (χ0) is 19.4. The number of nitrogens with one attached hydrogen (secondary N) is 2. The highest BCUT2D eigenvalue weighted by Gasteiger charge is 2.27. The van der Waals surface area contributed by atoms with E-state index in [9.17, 15) is 9.59 Å².